The van der Waals surface area contributed by atoms with Gasteiger partial charge in [0.1, 0.15) is 5.92 Å². The molecule has 0 aliphatic heterocycles. The second kappa shape index (κ2) is 9.61. The molecule has 0 spiro atoms. The lowest BCUT2D eigenvalue weighted by Gasteiger charge is -2.18. The monoisotopic (exact) mass is 273 g/mol. The Morgan fingerprint density at radius 2 is 1.95 bits per heavy atom. The maximum atomic E-state index is 11.9. The molecule has 0 saturated heterocycles. The van der Waals surface area contributed by atoms with E-state index < -0.39 is 5.92 Å². The van der Waals surface area contributed by atoms with E-state index in [0.717, 1.165) is 12.8 Å². The van der Waals surface area contributed by atoms with Gasteiger partial charge in [0.2, 0.25) is 5.91 Å². The fraction of sp³-hybridized carbons (Fsp3) is 0.846. The van der Waals surface area contributed by atoms with Crippen molar-refractivity contribution in [3.8, 4) is 0 Å². The molecule has 0 heterocycles. The Morgan fingerprint density at radius 1 is 1.32 bits per heavy atom. The summed E-state index contributed by atoms with van der Waals surface area (Å²) in [6, 6.07) is 0. The summed E-state index contributed by atoms with van der Waals surface area (Å²) in [4.78, 5) is 11.9. The summed E-state index contributed by atoms with van der Waals surface area (Å²) in [5, 5.41) is 14.4. The maximum absolute atomic E-state index is 11.9. The van der Waals surface area contributed by atoms with Crippen LogP contribution in [0.25, 0.3) is 0 Å². The van der Waals surface area contributed by atoms with Gasteiger partial charge in [0.15, 0.2) is 5.84 Å². The van der Waals surface area contributed by atoms with Crippen LogP contribution in [0.1, 0.15) is 40.5 Å². The van der Waals surface area contributed by atoms with Gasteiger partial charge < -0.3 is 21.0 Å². The van der Waals surface area contributed by atoms with Crippen LogP contribution in [-0.2, 0) is 9.53 Å². The Labute approximate surface area is 115 Å². The number of hydrogen-bond donors (Lipinski definition) is 3. The van der Waals surface area contributed by atoms with Crippen LogP contribution in [0.5, 0.6) is 0 Å². The first-order valence-corrected chi connectivity index (χ1v) is 6.76. The van der Waals surface area contributed by atoms with Gasteiger partial charge in [-0.2, -0.15) is 0 Å². The molecule has 0 fully saturated rings. The van der Waals surface area contributed by atoms with Crippen LogP contribution < -0.4 is 11.1 Å². The van der Waals surface area contributed by atoms with Gasteiger partial charge in [0, 0.05) is 13.2 Å². The Hall–Kier alpha value is -1.30. The van der Waals surface area contributed by atoms with Gasteiger partial charge >= 0.3 is 0 Å². The molecule has 1 atom stereocenters. The van der Waals surface area contributed by atoms with Crippen molar-refractivity contribution in [1.82, 2.24) is 5.32 Å². The minimum absolute atomic E-state index is 0.0137. The zero-order valence-electron chi connectivity index (χ0n) is 12.3. The van der Waals surface area contributed by atoms with E-state index in [-0.39, 0.29) is 23.8 Å². The zero-order valence-corrected chi connectivity index (χ0v) is 12.3. The van der Waals surface area contributed by atoms with Gasteiger partial charge in [0.05, 0.1) is 6.10 Å². The largest absolute Gasteiger partial charge is 0.409 e. The number of nitrogens with two attached hydrogens (primary N) is 1. The second-order valence-corrected chi connectivity index (χ2v) is 5.16. The summed E-state index contributed by atoms with van der Waals surface area (Å²) in [6.45, 7) is 8.97. The van der Waals surface area contributed by atoms with Crippen LogP contribution in [0.4, 0.5) is 0 Å². The van der Waals surface area contributed by atoms with Gasteiger partial charge in [-0.25, -0.2) is 0 Å². The number of nitrogens with zero attached hydrogens (tertiary/aromatic N) is 1. The molecule has 0 aliphatic rings. The number of unbranched alkanes of at least 4 members (excludes halogenated alkanes) is 1. The molecule has 0 aromatic carbocycles. The molecule has 19 heavy (non-hydrogen) atoms. The average Bonchev–Trinajstić information content (AvgIpc) is 2.32. The third kappa shape index (κ3) is 7.66. The minimum Gasteiger partial charge on any atom is -0.409 e. The Balaban J connectivity index is 3.95. The molecule has 1 unspecified atom stereocenters. The smallest absolute Gasteiger partial charge is 0.231 e. The average molecular weight is 273 g/mol. The molecule has 6 heteroatoms. The Kier molecular flexibility index (Phi) is 8.95. The van der Waals surface area contributed by atoms with Gasteiger partial charge in [-0.05, 0) is 32.6 Å². The third-order valence-electron chi connectivity index (χ3n) is 2.70. The number of rotatable bonds is 9. The first-order chi connectivity index (χ1) is 8.90. The van der Waals surface area contributed by atoms with Crippen molar-refractivity contribution < 1.29 is 14.7 Å². The Bertz CT molecular complexity index is 291. The highest BCUT2D eigenvalue weighted by Crippen LogP contribution is 2.11. The third-order valence-corrected chi connectivity index (χ3v) is 2.70. The summed E-state index contributed by atoms with van der Waals surface area (Å²) in [5.74, 6) is -0.845. The standard InChI is InChI=1S/C13H27N3O3/c1-9(2)11(12(14)16-18)13(17)15-7-5-6-8-19-10(3)4/h9-11,18H,5-8H2,1-4H3,(H2,14,16)(H,15,17). The number of amidine groups is 1. The lowest BCUT2D eigenvalue weighted by molar-refractivity contribution is -0.124. The van der Waals surface area contributed by atoms with E-state index in [0.29, 0.717) is 13.2 Å². The molecular formula is C13H27N3O3. The van der Waals surface area contributed by atoms with Gasteiger partial charge in [0.25, 0.3) is 0 Å². The minimum atomic E-state index is -0.586. The van der Waals surface area contributed by atoms with Crippen LogP contribution in [0.3, 0.4) is 0 Å². The van der Waals surface area contributed by atoms with Crippen molar-refractivity contribution in [1.29, 1.82) is 0 Å². The first kappa shape index (κ1) is 17.7. The molecule has 0 bridgehead atoms. The van der Waals surface area contributed by atoms with Gasteiger partial charge in [-0.15, -0.1) is 0 Å². The number of carbonyl (C=O) groups is 1. The van der Waals surface area contributed by atoms with E-state index in [4.69, 9.17) is 15.7 Å². The highest BCUT2D eigenvalue weighted by atomic mass is 16.5. The number of oxime groups is 1. The zero-order chi connectivity index (χ0) is 14.8. The Morgan fingerprint density at radius 3 is 2.42 bits per heavy atom. The fourth-order valence-electron chi connectivity index (χ4n) is 1.71. The predicted molar refractivity (Wildman–Crippen MR) is 75.1 cm³/mol. The fourth-order valence-corrected chi connectivity index (χ4v) is 1.71. The van der Waals surface area contributed by atoms with Crippen molar-refractivity contribution in [2.75, 3.05) is 13.2 Å². The van der Waals surface area contributed by atoms with Crippen molar-refractivity contribution in [3.05, 3.63) is 0 Å². The van der Waals surface area contributed by atoms with Crippen molar-refractivity contribution in [2.24, 2.45) is 22.7 Å². The van der Waals surface area contributed by atoms with E-state index in [9.17, 15) is 4.79 Å². The van der Waals surface area contributed by atoms with Crippen LogP contribution in [0.15, 0.2) is 5.16 Å². The molecule has 0 aliphatic carbocycles. The molecule has 1 amide bonds. The summed E-state index contributed by atoms with van der Waals surface area (Å²) in [6.07, 6.45) is 1.98. The summed E-state index contributed by atoms with van der Waals surface area (Å²) >= 11 is 0. The normalized spacial score (nSPS) is 13.9. The molecule has 0 aromatic heterocycles. The van der Waals surface area contributed by atoms with Crippen molar-refractivity contribution in [2.45, 2.75) is 46.6 Å². The topological polar surface area (TPSA) is 96.9 Å². The van der Waals surface area contributed by atoms with Crippen LogP contribution in [0, 0.1) is 11.8 Å². The highest BCUT2D eigenvalue weighted by molar-refractivity contribution is 6.02. The lowest BCUT2D eigenvalue weighted by Crippen LogP contribution is -2.42. The highest BCUT2D eigenvalue weighted by Gasteiger charge is 2.26. The van der Waals surface area contributed by atoms with Gasteiger partial charge in [-0.1, -0.05) is 19.0 Å². The van der Waals surface area contributed by atoms with Crippen LogP contribution >= 0.6 is 0 Å². The van der Waals surface area contributed by atoms with Crippen molar-refractivity contribution in [3.63, 3.8) is 0 Å². The number of ether oxygens (including phenoxy) is 1. The number of amides is 1. The quantitative estimate of drug-likeness (QED) is 0.194. The van der Waals surface area contributed by atoms with Crippen LogP contribution in [-0.4, -0.2) is 36.2 Å². The molecule has 0 aromatic rings. The number of carbonyl (C=O) groups excluding carboxylic acids is 1. The van der Waals surface area contributed by atoms with E-state index in [2.05, 4.69) is 10.5 Å². The summed E-state index contributed by atoms with van der Waals surface area (Å²) in [7, 11) is 0. The molecule has 4 N–H and O–H groups in total. The van der Waals surface area contributed by atoms with E-state index in [1.807, 2.05) is 27.7 Å². The predicted octanol–water partition coefficient (Wildman–Crippen LogP) is 1.33. The molecular weight excluding hydrogens is 246 g/mol. The lowest BCUT2D eigenvalue weighted by atomic mass is 9.94. The maximum Gasteiger partial charge on any atom is 0.231 e. The van der Waals surface area contributed by atoms with E-state index >= 15 is 0 Å². The van der Waals surface area contributed by atoms with E-state index in [1.54, 1.807) is 0 Å². The second-order valence-electron chi connectivity index (χ2n) is 5.16. The SMILES string of the molecule is CC(C)OCCCCNC(=O)C(C(N)=NO)C(C)C. The van der Waals surface area contributed by atoms with Gasteiger partial charge in [-0.3, -0.25) is 4.79 Å². The molecule has 0 rings (SSSR count). The number of hydrogen-bond acceptors (Lipinski definition) is 4. The number of nitrogens with one attached hydrogen (secondary N) is 1. The molecule has 6 nitrogen and oxygen atoms in total. The van der Waals surface area contributed by atoms with Crippen LogP contribution in [0.2, 0.25) is 0 Å². The molecule has 112 valence electrons. The van der Waals surface area contributed by atoms with E-state index in [1.165, 1.54) is 0 Å². The summed E-state index contributed by atoms with van der Waals surface area (Å²) in [5.41, 5.74) is 5.52. The molecule has 0 radical (unpaired) electrons. The van der Waals surface area contributed by atoms with Crippen molar-refractivity contribution >= 4 is 11.7 Å². The summed E-state index contributed by atoms with van der Waals surface area (Å²) < 4.78 is 5.41. The first-order valence-electron chi connectivity index (χ1n) is 6.76. The molecule has 0 saturated carbocycles.